The highest BCUT2D eigenvalue weighted by Gasteiger charge is 2.06. The predicted molar refractivity (Wildman–Crippen MR) is 71.0 cm³/mol. The maximum absolute atomic E-state index is 5.74. The second-order valence-electron chi connectivity index (χ2n) is 3.87. The molecule has 0 radical (unpaired) electrons. The zero-order chi connectivity index (χ0) is 11.7. The molecule has 0 fully saturated rings. The molecule has 3 aromatic rings. The molecule has 0 atom stereocenters. The number of para-hydroxylation sites is 1. The van der Waals surface area contributed by atoms with Gasteiger partial charge in [-0.05, 0) is 24.3 Å². The Balaban J connectivity index is 2.20. The largest absolute Gasteiger partial charge is 0.456 e. The maximum atomic E-state index is 5.74. The topological polar surface area (TPSA) is 25.2 Å². The average Bonchev–Trinajstić information content (AvgIpc) is 2.74. The van der Waals surface area contributed by atoms with Crippen LogP contribution in [0.3, 0.4) is 0 Å². The molecule has 0 aliphatic carbocycles. The number of rotatable bonds is 2. The summed E-state index contributed by atoms with van der Waals surface area (Å²) in [4.78, 5) is 0. The molecular formula is C15H11NO. The third-order valence-corrected chi connectivity index (χ3v) is 2.77. The molecule has 0 unspecified atom stereocenters. The molecule has 2 aromatic carbocycles. The van der Waals surface area contributed by atoms with Crippen molar-refractivity contribution in [3.8, 4) is 12.3 Å². The van der Waals surface area contributed by atoms with Crippen LogP contribution in [0.4, 0.5) is 5.69 Å². The highest BCUT2D eigenvalue weighted by molar-refractivity contribution is 6.05. The zero-order valence-corrected chi connectivity index (χ0v) is 9.23. The molecule has 0 aliphatic rings. The molecule has 1 N–H and O–H groups in total. The Hall–Kier alpha value is -2.40. The Kier molecular flexibility index (Phi) is 2.23. The lowest BCUT2D eigenvalue weighted by atomic mass is 10.1. The number of hydrogen-bond acceptors (Lipinski definition) is 2. The molecule has 17 heavy (non-hydrogen) atoms. The van der Waals surface area contributed by atoms with Crippen LogP contribution in [0.1, 0.15) is 0 Å². The van der Waals surface area contributed by atoms with Crippen LogP contribution in [0, 0.1) is 12.3 Å². The van der Waals surface area contributed by atoms with Crippen LogP contribution in [0.25, 0.3) is 21.9 Å². The van der Waals surface area contributed by atoms with Gasteiger partial charge in [-0.15, -0.1) is 6.42 Å². The van der Waals surface area contributed by atoms with Crippen LogP contribution >= 0.6 is 0 Å². The predicted octanol–water partition coefficient (Wildman–Crippen LogP) is 3.63. The summed E-state index contributed by atoms with van der Waals surface area (Å²) in [5, 5.41) is 5.41. The fourth-order valence-corrected chi connectivity index (χ4v) is 1.99. The first-order valence-electron chi connectivity index (χ1n) is 5.47. The molecule has 2 heteroatoms. The van der Waals surface area contributed by atoms with Gasteiger partial charge in [0.1, 0.15) is 11.2 Å². The van der Waals surface area contributed by atoms with E-state index < -0.39 is 0 Å². The molecule has 1 aromatic heterocycles. The van der Waals surface area contributed by atoms with Crippen LogP contribution in [-0.2, 0) is 0 Å². The van der Waals surface area contributed by atoms with E-state index in [1.807, 2.05) is 30.3 Å². The molecule has 0 bridgehead atoms. The molecule has 0 aliphatic heterocycles. The molecule has 0 spiro atoms. The monoisotopic (exact) mass is 221 g/mol. The van der Waals surface area contributed by atoms with E-state index in [1.54, 1.807) is 0 Å². The molecule has 2 nitrogen and oxygen atoms in total. The molecule has 3 rings (SSSR count). The number of terminal acetylenes is 1. The molecule has 1 heterocycles. The van der Waals surface area contributed by atoms with E-state index >= 15 is 0 Å². The third-order valence-electron chi connectivity index (χ3n) is 2.77. The lowest BCUT2D eigenvalue weighted by molar-refractivity contribution is 0.669. The van der Waals surface area contributed by atoms with Gasteiger partial charge >= 0.3 is 0 Å². The minimum absolute atomic E-state index is 0.529. The second-order valence-corrected chi connectivity index (χ2v) is 3.87. The number of benzene rings is 2. The van der Waals surface area contributed by atoms with Gasteiger partial charge in [0.25, 0.3) is 0 Å². The van der Waals surface area contributed by atoms with E-state index in [2.05, 4.69) is 23.4 Å². The fraction of sp³-hybridized carbons (Fsp3) is 0.0667. The number of hydrogen-bond donors (Lipinski definition) is 1. The third kappa shape index (κ3) is 1.62. The smallest absolute Gasteiger partial charge is 0.135 e. The van der Waals surface area contributed by atoms with Gasteiger partial charge in [-0.25, -0.2) is 0 Å². The first kappa shape index (κ1) is 9.80. The second kappa shape index (κ2) is 3.88. The number of furan rings is 1. The normalized spacial score (nSPS) is 10.5. The summed E-state index contributed by atoms with van der Waals surface area (Å²) in [5.41, 5.74) is 2.83. The van der Waals surface area contributed by atoms with Gasteiger partial charge in [-0.2, -0.15) is 0 Å². The maximum Gasteiger partial charge on any atom is 0.135 e. The van der Waals surface area contributed by atoms with Crippen LogP contribution in [0.15, 0.2) is 46.9 Å². The lowest BCUT2D eigenvalue weighted by Crippen LogP contribution is -1.97. The van der Waals surface area contributed by atoms with E-state index in [1.165, 1.54) is 0 Å². The summed E-state index contributed by atoms with van der Waals surface area (Å²) >= 11 is 0. The summed E-state index contributed by atoms with van der Waals surface area (Å²) in [6, 6.07) is 14.0. The van der Waals surface area contributed by atoms with Crippen LogP contribution in [0.2, 0.25) is 0 Å². The molecule has 0 saturated carbocycles. The van der Waals surface area contributed by atoms with Crippen LogP contribution < -0.4 is 5.32 Å². The minimum atomic E-state index is 0.529. The summed E-state index contributed by atoms with van der Waals surface area (Å²) < 4.78 is 5.74. The Labute approximate surface area is 99.2 Å². The van der Waals surface area contributed by atoms with Crippen LogP contribution in [0.5, 0.6) is 0 Å². The van der Waals surface area contributed by atoms with E-state index in [4.69, 9.17) is 10.8 Å². The first-order valence-corrected chi connectivity index (χ1v) is 5.47. The zero-order valence-electron chi connectivity index (χ0n) is 9.23. The van der Waals surface area contributed by atoms with Gasteiger partial charge in [0.05, 0.1) is 6.54 Å². The quantitative estimate of drug-likeness (QED) is 0.668. The summed E-state index contributed by atoms with van der Waals surface area (Å²) in [5.74, 6) is 2.56. The van der Waals surface area contributed by atoms with Gasteiger partial charge in [0.15, 0.2) is 0 Å². The van der Waals surface area contributed by atoms with E-state index in [0.717, 1.165) is 27.6 Å². The van der Waals surface area contributed by atoms with Crippen molar-refractivity contribution >= 4 is 27.6 Å². The first-order chi connectivity index (χ1) is 8.38. The van der Waals surface area contributed by atoms with Gasteiger partial charge in [-0.3, -0.25) is 0 Å². The highest BCUT2D eigenvalue weighted by Crippen LogP contribution is 2.30. The highest BCUT2D eigenvalue weighted by atomic mass is 16.3. The number of fused-ring (bicyclic) bond motifs is 3. The molecule has 0 amide bonds. The lowest BCUT2D eigenvalue weighted by Gasteiger charge is -2.01. The average molecular weight is 221 g/mol. The van der Waals surface area contributed by atoms with Crippen molar-refractivity contribution in [2.45, 2.75) is 0 Å². The van der Waals surface area contributed by atoms with Crippen molar-refractivity contribution in [2.24, 2.45) is 0 Å². The SMILES string of the molecule is C#CCNc1ccc2oc3ccccc3c2c1. The van der Waals surface area contributed by atoms with E-state index in [0.29, 0.717) is 6.54 Å². The van der Waals surface area contributed by atoms with Gasteiger partial charge < -0.3 is 9.73 Å². The van der Waals surface area contributed by atoms with Crippen molar-refractivity contribution < 1.29 is 4.42 Å². The van der Waals surface area contributed by atoms with Crippen molar-refractivity contribution in [1.82, 2.24) is 0 Å². The van der Waals surface area contributed by atoms with Crippen molar-refractivity contribution in [2.75, 3.05) is 11.9 Å². The van der Waals surface area contributed by atoms with Crippen molar-refractivity contribution in [3.05, 3.63) is 42.5 Å². The fourth-order valence-electron chi connectivity index (χ4n) is 1.99. The number of nitrogens with one attached hydrogen (secondary N) is 1. The minimum Gasteiger partial charge on any atom is -0.456 e. The van der Waals surface area contributed by atoms with E-state index in [-0.39, 0.29) is 0 Å². The molecular weight excluding hydrogens is 210 g/mol. The summed E-state index contributed by atoms with van der Waals surface area (Å²) in [6.07, 6.45) is 5.23. The standard InChI is InChI=1S/C15H11NO/c1-2-9-16-11-7-8-15-13(10-11)12-5-3-4-6-14(12)17-15/h1,3-8,10,16H,9H2. The Morgan fingerprint density at radius 2 is 1.88 bits per heavy atom. The van der Waals surface area contributed by atoms with Gasteiger partial charge in [0.2, 0.25) is 0 Å². The summed E-state index contributed by atoms with van der Waals surface area (Å²) in [6.45, 7) is 0.529. The van der Waals surface area contributed by atoms with Gasteiger partial charge in [0, 0.05) is 16.5 Å². The van der Waals surface area contributed by atoms with Crippen LogP contribution in [-0.4, -0.2) is 6.54 Å². The van der Waals surface area contributed by atoms with E-state index in [9.17, 15) is 0 Å². The molecule has 82 valence electrons. The Bertz CT molecular complexity index is 718. The van der Waals surface area contributed by atoms with Gasteiger partial charge in [-0.1, -0.05) is 24.1 Å². The molecule has 0 saturated heterocycles. The summed E-state index contributed by atoms with van der Waals surface area (Å²) in [7, 11) is 0. The Morgan fingerprint density at radius 3 is 2.76 bits per heavy atom. The Morgan fingerprint density at radius 1 is 1.06 bits per heavy atom. The van der Waals surface area contributed by atoms with Crippen molar-refractivity contribution in [3.63, 3.8) is 0 Å². The number of anilines is 1. The van der Waals surface area contributed by atoms with Crippen molar-refractivity contribution in [1.29, 1.82) is 0 Å².